The Bertz CT molecular complexity index is 700. The van der Waals surface area contributed by atoms with Gasteiger partial charge < -0.3 is 19.2 Å². The van der Waals surface area contributed by atoms with E-state index >= 15 is 0 Å². The molecule has 136 valence electrons. The molecule has 1 aromatic heterocycles. The Morgan fingerprint density at radius 1 is 0.920 bits per heavy atom. The first-order chi connectivity index (χ1) is 11.8. The minimum absolute atomic E-state index is 0.169. The highest BCUT2D eigenvalue weighted by atomic mass is 16.5. The molecule has 1 N–H and O–H groups in total. The summed E-state index contributed by atoms with van der Waals surface area (Å²) in [7, 11) is 0. The number of rotatable bonds is 8. The fraction of sp³-hybridized carbons (Fsp3) is 0.412. The SMILES string of the molecule is CCOC(=O)C=CC(=O)OCC(=O)c1[nH]c(C)c(C(=O)OCC)c1C. The summed E-state index contributed by atoms with van der Waals surface area (Å²) in [5.41, 5.74) is 1.38. The zero-order chi connectivity index (χ0) is 19.0. The molecule has 8 heteroatoms. The molecule has 0 amide bonds. The van der Waals surface area contributed by atoms with Crippen LogP contribution in [0.2, 0.25) is 0 Å². The molecule has 0 unspecified atom stereocenters. The van der Waals surface area contributed by atoms with E-state index in [0.29, 0.717) is 16.8 Å². The highest BCUT2D eigenvalue weighted by Gasteiger charge is 2.23. The summed E-state index contributed by atoms with van der Waals surface area (Å²) in [4.78, 5) is 49.4. The maximum absolute atomic E-state index is 12.2. The van der Waals surface area contributed by atoms with Crippen LogP contribution in [0.15, 0.2) is 12.2 Å². The number of Topliss-reactive ketones (excluding diaryl/α,β-unsaturated/α-hetero) is 1. The summed E-state index contributed by atoms with van der Waals surface area (Å²) in [6.45, 7) is 6.44. The van der Waals surface area contributed by atoms with Crippen LogP contribution in [0.4, 0.5) is 0 Å². The van der Waals surface area contributed by atoms with Gasteiger partial charge in [-0.3, -0.25) is 4.79 Å². The van der Waals surface area contributed by atoms with E-state index < -0.39 is 30.3 Å². The Morgan fingerprint density at radius 3 is 2.04 bits per heavy atom. The third-order valence-corrected chi connectivity index (χ3v) is 3.18. The quantitative estimate of drug-likeness (QED) is 0.328. The van der Waals surface area contributed by atoms with Gasteiger partial charge in [0.1, 0.15) is 0 Å². The summed E-state index contributed by atoms with van der Waals surface area (Å²) >= 11 is 0. The van der Waals surface area contributed by atoms with Crippen LogP contribution in [0.5, 0.6) is 0 Å². The number of carbonyl (C=O) groups is 4. The number of hydrogen-bond donors (Lipinski definition) is 1. The van der Waals surface area contributed by atoms with E-state index in [1.165, 1.54) is 0 Å². The maximum atomic E-state index is 12.2. The molecule has 0 aliphatic carbocycles. The van der Waals surface area contributed by atoms with Gasteiger partial charge in [-0.05, 0) is 33.3 Å². The lowest BCUT2D eigenvalue weighted by Crippen LogP contribution is -2.14. The number of ether oxygens (including phenoxy) is 3. The minimum Gasteiger partial charge on any atom is -0.463 e. The van der Waals surface area contributed by atoms with Crippen molar-refractivity contribution in [3.8, 4) is 0 Å². The van der Waals surface area contributed by atoms with Gasteiger partial charge in [0.25, 0.3) is 0 Å². The lowest BCUT2D eigenvalue weighted by atomic mass is 10.1. The van der Waals surface area contributed by atoms with E-state index in [4.69, 9.17) is 9.47 Å². The van der Waals surface area contributed by atoms with Gasteiger partial charge in [-0.1, -0.05) is 0 Å². The van der Waals surface area contributed by atoms with Gasteiger partial charge in [0.15, 0.2) is 6.61 Å². The zero-order valence-electron chi connectivity index (χ0n) is 14.6. The van der Waals surface area contributed by atoms with E-state index in [2.05, 4.69) is 9.72 Å². The first-order valence-electron chi connectivity index (χ1n) is 7.72. The molecule has 0 radical (unpaired) electrons. The Hall–Kier alpha value is -2.90. The molecule has 0 saturated heterocycles. The topological polar surface area (TPSA) is 112 Å². The largest absolute Gasteiger partial charge is 0.463 e. The smallest absolute Gasteiger partial charge is 0.340 e. The number of carbonyl (C=O) groups excluding carboxylic acids is 4. The van der Waals surface area contributed by atoms with Crippen molar-refractivity contribution >= 4 is 23.7 Å². The van der Waals surface area contributed by atoms with E-state index in [-0.39, 0.29) is 18.9 Å². The molecule has 8 nitrogen and oxygen atoms in total. The molecular weight excluding hydrogens is 330 g/mol. The standard InChI is InChI=1S/C17H21NO7/c1-5-23-13(20)7-8-14(21)25-9-12(19)16-10(3)15(11(4)18-16)17(22)24-6-2/h7-8,18H,5-6,9H2,1-4H3. The van der Waals surface area contributed by atoms with E-state index in [0.717, 1.165) is 12.2 Å². The molecule has 0 aliphatic rings. The predicted molar refractivity (Wildman–Crippen MR) is 87.3 cm³/mol. The third kappa shape index (κ3) is 5.59. The Balaban J connectivity index is 2.73. The Labute approximate surface area is 145 Å². The molecule has 0 atom stereocenters. The van der Waals surface area contributed by atoms with Crippen LogP contribution in [-0.2, 0) is 23.8 Å². The third-order valence-electron chi connectivity index (χ3n) is 3.18. The highest BCUT2D eigenvalue weighted by molar-refractivity contribution is 6.03. The van der Waals surface area contributed by atoms with E-state index in [9.17, 15) is 19.2 Å². The van der Waals surface area contributed by atoms with Crippen molar-refractivity contribution in [1.82, 2.24) is 4.98 Å². The highest BCUT2D eigenvalue weighted by Crippen LogP contribution is 2.19. The predicted octanol–water partition coefficient (Wildman–Crippen LogP) is 1.65. The van der Waals surface area contributed by atoms with Crippen LogP contribution >= 0.6 is 0 Å². The second kappa shape index (κ2) is 9.41. The fourth-order valence-electron chi connectivity index (χ4n) is 2.12. The molecule has 0 aromatic carbocycles. The minimum atomic E-state index is -0.854. The van der Waals surface area contributed by atoms with Crippen molar-refractivity contribution in [2.45, 2.75) is 27.7 Å². The zero-order valence-corrected chi connectivity index (χ0v) is 14.6. The number of H-pyrrole nitrogens is 1. The lowest BCUT2D eigenvalue weighted by molar-refractivity contribution is -0.139. The monoisotopic (exact) mass is 351 g/mol. The van der Waals surface area contributed by atoms with Gasteiger partial charge in [0.2, 0.25) is 5.78 Å². The van der Waals surface area contributed by atoms with Gasteiger partial charge in [-0.25, -0.2) is 14.4 Å². The number of esters is 3. The number of aromatic nitrogens is 1. The summed E-state index contributed by atoms with van der Waals surface area (Å²) in [5, 5.41) is 0. The summed E-state index contributed by atoms with van der Waals surface area (Å²) in [6, 6.07) is 0. The number of ketones is 1. The Kier molecular flexibility index (Phi) is 7.58. The molecule has 0 aliphatic heterocycles. The molecule has 0 fully saturated rings. The van der Waals surface area contributed by atoms with Crippen LogP contribution in [0, 0.1) is 13.8 Å². The second-order valence-corrected chi connectivity index (χ2v) is 4.96. The Morgan fingerprint density at radius 2 is 1.48 bits per heavy atom. The molecule has 0 saturated carbocycles. The summed E-state index contributed by atoms with van der Waals surface area (Å²) < 4.78 is 14.3. The summed E-state index contributed by atoms with van der Waals surface area (Å²) in [5.74, 6) is -2.56. The molecule has 25 heavy (non-hydrogen) atoms. The normalized spacial score (nSPS) is 10.6. The van der Waals surface area contributed by atoms with Crippen molar-refractivity contribution in [3.63, 3.8) is 0 Å². The maximum Gasteiger partial charge on any atom is 0.340 e. The van der Waals surface area contributed by atoms with Crippen molar-refractivity contribution in [2.24, 2.45) is 0 Å². The first-order valence-corrected chi connectivity index (χ1v) is 7.72. The number of aryl methyl sites for hydroxylation is 1. The van der Waals surface area contributed by atoms with Gasteiger partial charge in [0, 0.05) is 17.8 Å². The van der Waals surface area contributed by atoms with Crippen molar-refractivity contribution in [2.75, 3.05) is 19.8 Å². The average molecular weight is 351 g/mol. The molecule has 1 aromatic rings. The van der Waals surface area contributed by atoms with E-state index in [1.807, 2.05) is 0 Å². The first kappa shape index (κ1) is 20.1. The summed E-state index contributed by atoms with van der Waals surface area (Å²) in [6.07, 6.45) is 1.79. The lowest BCUT2D eigenvalue weighted by Gasteiger charge is -2.03. The van der Waals surface area contributed by atoms with Crippen molar-refractivity contribution < 1.29 is 33.4 Å². The van der Waals surface area contributed by atoms with Crippen molar-refractivity contribution in [1.29, 1.82) is 0 Å². The fourth-order valence-corrected chi connectivity index (χ4v) is 2.12. The van der Waals surface area contributed by atoms with Gasteiger partial charge >= 0.3 is 17.9 Å². The van der Waals surface area contributed by atoms with Crippen molar-refractivity contribution in [3.05, 3.63) is 34.7 Å². The molecule has 0 bridgehead atoms. The van der Waals surface area contributed by atoms with Crippen LogP contribution in [-0.4, -0.2) is 48.5 Å². The molecular formula is C17H21NO7. The number of nitrogens with one attached hydrogen (secondary N) is 1. The number of hydrogen-bond acceptors (Lipinski definition) is 7. The van der Waals surface area contributed by atoms with Crippen LogP contribution in [0.25, 0.3) is 0 Å². The average Bonchev–Trinajstić information content (AvgIpc) is 2.86. The van der Waals surface area contributed by atoms with Gasteiger partial charge in [-0.2, -0.15) is 0 Å². The van der Waals surface area contributed by atoms with Crippen LogP contribution in [0.1, 0.15) is 46.0 Å². The molecule has 1 rings (SSSR count). The van der Waals surface area contributed by atoms with Gasteiger partial charge in [-0.15, -0.1) is 0 Å². The second-order valence-electron chi connectivity index (χ2n) is 4.96. The van der Waals surface area contributed by atoms with Crippen LogP contribution < -0.4 is 0 Å². The molecule has 1 heterocycles. The van der Waals surface area contributed by atoms with Crippen LogP contribution in [0.3, 0.4) is 0 Å². The van der Waals surface area contributed by atoms with Gasteiger partial charge in [0.05, 0.1) is 24.5 Å². The van der Waals surface area contributed by atoms with E-state index in [1.54, 1.807) is 27.7 Å². The number of aromatic amines is 1. The molecule has 0 spiro atoms.